The van der Waals surface area contributed by atoms with Crippen molar-refractivity contribution in [2.45, 2.75) is 89.4 Å². The molecule has 1 saturated carbocycles. The van der Waals surface area contributed by atoms with Gasteiger partial charge in [0.15, 0.2) is 0 Å². The molecule has 1 saturated heterocycles. The number of fused-ring (bicyclic) bond motifs is 1. The van der Waals surface area contributed by atoms with Crippen LogP contribution >= 0.6 is 0 Å². The number of hydrogen-bond acceptors (Lipinski definition) is 4. The van der Waals surface area contributed by atoms with Crippen molar-refractivity contribution in [1.82, 2.24) is 0 Å². The SMILES string of the molecule is C1=Cc2cccc3cccc(c23)C1.CCCCC[C@H](O)/C=C/[C@@H]1[C@H]2C/C(=C/CCCC(=O)O)O[C@H]2C[C@H]1O. The van der Waals surface area contributed by atoms with E-state index in [0.29, 0.717) is 19.3 Å². The van der Waals surface area contributed by atoms with Crippen LogP contribution in [0, 0.1) is 11.8 Å². The molecule has 5 atom stereocenters. The lowest BCUT2D eigenvalue weighted by molar-refractivity contribution is -0.137. The highest BCUT2D eigenvalue weighted by atomic mass is 16.5. The Morgan fingerprint density at radius 2 is 1.97 bits per heavy atom. The van der Waals surface area contributed by atoms with E-state index < -0.39 is 18.2 Å². The van der Waals surface area contributed by atoms with Crippen LogP contribution in [0.4, 0.5) is 0 Å². The fraction of sp³-hybridized carbons (Fsp3) is 0.485. The third kappa shape index (κ3) is 7.36. The second-order valence-electron chi connectivity index (χ2n) is 10.8. The van der Waals surface area contributed by atoms with Gasteiger partial charge in [-0.15, -0.1) is 0 Å². The molecule has 5 heteroatoms. The zero-order valence-electron chi connectivity index (χ0n) is 22.5. The number of aliphatic hydroxyl groups excluding tert-OH is 2. The zero-order valence-corrected chi connectivity index (χ0v) is 22.5. The fourth-order valence-corrected chi connectivity index (χ4v) is 5.93. The molecule has 38 heavy (non-hydrogen) atoms. The molecule has 5 nitrogen and oxygen atoms in total. The molecule has 2 aliphatic carbocycles. The zero-order chi connectivity index (χ0) is 26.9. The van der Waals surface area contributed by atoms with Gasteiger partial charge in [0.2, 0.25) is 0 Å². The van der Waals surface area contributed by atoms with Crippen molar-refractivity contribution >= 4 is 22.8 Å². The third-order valence-corrected chi connectivity index (χ3v) is 7.91. The first kappa shape index (κ1) is 28.1. The smallest absolute Gasteiger partial charge is 0.303 e. The molecule has 5 rings (SSSR count). The maximum atomic E-state index is 10.5. The van der Waals surface area contributed by atoms with Gasteiger partial charge in [0.1, 0.15) is 6.10 Å². The number of allylic oxidation sites excluding steroid dienone is 3. The number of unbranched alkanes of at least 4 members (excludes halogenated alkanes) is 3. The van der Waals surface area contributed by atoms with Gasteiger partial charge < -0.3 is 20.1 Å². The minimum absolute atomic E-state index is 0.0238. The van der Waals surface area contributed by atoms with Crippen molar-refractivity contribution < 1.29 is 24.9 Å². The molecule has 1 heterocycles. The molecule has 2 aromatic carbocycles. The summed E-state index contributed by atoms with van der Waals surface area (Å²) in [6.07, 6.45) is 17.5. The van der Waals surface area contributed by atoms with Gasteiger partial charge in [-0.2, -0.15) is 0 Å². The van der Waals surface area contributed by atoms with Gasteiger partial charge in [-0.05, 0) is 53.7 Å². The van der Waals surface area contributed by atoms with E-state index in [4.69, 9.17) is 9.84 Å². The number of aliphatic carboxylic acids is 1. The standard InChI is InChI=1S/C20H32O5.C13H10/c1-2-3-4-7-14(21)10-11-16-17-12-15(8-5-6-9-20(23)24)25-19(17)13-18(16)22;1-4-10-6-2-8-12-9-3-7-11(5-1)13(10)12/h8,10-11,14,16-19,21-22H,2-7,9,12-13H2,1H3,(H,23,24);1-8H,9H2/b11-10+,15-8-;/t14-,16+,17+,18+,19-;/m0./s1. The highest BCUT2D eigenvalue weighted by molar-refractivity contribution is 5.94. The van der Waals surface area contributed by atoms with Crippen molar-refractivity contribution in [2.75, 3.05) is 0 Å². The van der Waals surface area contributed by atoms with Crippen LogP contribution in [0.1, 0.15) is 75.8 Å². The highest BCUT2D eigenvalue weighted by Crippen LogP contribution is 2.45. The summed E-state index contributed by atoms with van der Waals surface area (Å²) in [5, 5.41) is 31.8. The summed E-state index contributed by atoms with van der Waals surface area (Å²) in [5.74, 6) is 0.429. The average molecular weight is 519 g/mol. The predicted molar refractivity (Wildman–Crippen MR) is 153 cm³/mol. The third-order valence-electron chi connectivity index (χ3n) is 7.91. The lowest BCUT2D eigenvalue weighted by Gasteiger charge is -2.16. The molecule has 2 aromatic rings. The van der Waals surface area contributed by atoms with E-state index in [0.717, 1.165) is 44.3 Å². The Labute approximate surface area is 226 Å². The number of carbonyl (C=O) groups is 1. The Bertz CT molecular complexity index is 1160. The second kappa shape index (κ2) is 13.8. The van der Waals surface area contributed by atoms with Gasteiger partial charge >= 0.3 is 5.97 Å². The maximum absolute atomic E-state index is 10.5. The molecule has 0 spiro atoms. The summed E-state index contributed by atoms with van der Waals surface area (Å²) in [4.78, 5) is 10.5. The average Bonchev–Trinajstić information content (AvgIpc) is 3.42. The maximum Gasteiger partial charge on any atom is 0.303 e. The van der Waals surface area contributed by atoms with Crippen LogP contribution in [0.15, 0.2) is 66.5 Å². The monoisotopic (exact) mass is 518 g/mol. The lowest BCUT2D eigenvalue weighted by Crippen LogP contribution is -2.18. The van der Waals surface area contributed by atoms with Crippen molar-refractivity contribution in [3.63, 3.8) is 0 Å². The Morgan fingerprint density at radius 1 is 1.16 bits per heavy atom. The number of carboxylic acids is 1. The van der Waals surface area contributed by atoms with Crippen LogP contribution in [-0.4, -0.2) is 39.6 Å². The molecule has 3 N–H and O–H groups in total. The number of hydrogen-bond donors (Lipinski definition) is 3. The summed E-state index contributed by atoms with van der Waals surface area (Å²) in [6.45, 7) is 2.14. The van der Waals surface area contributed by atoms with Crippen molar-refractivity contribution in [3.05, 3.63) is 77.6 Å². The topological polar surface area (TPSA) is 87.0 Å². The van der Waals surface area contributed by atoms with Crippen molar-refractivity contribution in [3.8, 4) is 0 Å². The molecule has 1 aliphatic heterocycles. The van der Waals surface area contributed by atoms with E-state index in [9.17, 15) is 15.0 Å². The van der Waals surface area contributed by atoms with Gasteiger partial charge in [0.25, 0.3) is 0 Å². The quantitative estimate of drug-likeness (QED) is 0.237. The van der Waals surface area contributed by atoms with Gasteiger partial charge in [-0.25, -0.2) is 0 Å². The van der Waals surface area contributed by atoms with E-state index in [2.05, 4.69) is 55.5 Å². The Morgan fingerprint density at radius 3 is 2.76 bits per heavy atom. The van der Waals surface area contributed by atoms with E-state index >= 15 is 0 Å². The summed E-state index contributed by atoms with van der Waals surface area (Å²) in [7, 11) is 0. The van der Waals surface area contributed by atoms with Crippen molar-refractivity contribution in [1.29, 1.82) is 0 Å². The Hall–Kier alpha value is -2.89. The van der Waals surface area contributed by atoms with Crippen LogP contribution in [0.5, 0.6) is 0 Å². The minimum Gasteiger partial charge on any atom is -0.495 e. The minimum atomic E-state index is -0.770. The van der Waals surface area contributed by atoms with Crippen LogP contribution in [0.3, 0.4) is 0 Å². The molecule has 0 aromatic heterocycles. The highest BCUT2D eigenvalue weighted by Gasteiger charge is 2.46. The molecule has 0 amide bonds. The predicted octanol–water partition coefficient (Wildman–Crippen LogP) is 6.82. The molecule has 2 fully saturated rings. The van der Waals surface area contributed by atoms with Gasteiger partial charge in [-0.1, -0.05) is 86.9 Å². The van der Waals surface area contributed by atoms with E-state index in [1.807, 2.05) is 18.2 Å². The molecular formula is C33H42O5. The number of rotatable bonds is 10. The molecular weight excluding hydrogens is 476 g/mol. The summed E-state index contributed by atoms with van der Waals surface area (Å²) < 4.78 is 5.94. The van der Waals surface area contributed by atoms with E-state index in [1.54, 1.807) is 0 Å². The molecule has 0 unspecified atom stereocenters. The molecule has 3 aliphatic rings. The van der Waals surface area contributed by atoms with E-state index in [-0.39, 0.29) is 24.4 Å². The normalized spacial score (nSPS) is 25.3. The summed E-state index contributed by atoms with van der Waals surface area (Å²) in [6, 6.07) is 13.0. The first-order valence-corrected chi connectivity index (χ1v) is 14.2. The first-order chi connectivity index (χ1) is 18.5. The fourth-order valence-electron chi connectivity index (χ4n) is 5.93. The first-order valence-electron chi connectivity index (χ1n) is 14.2. The van der Waals surface area contributed by atoms with E-state index in [1.165, 1.54) is 21.9 Å². The molecule has 0 radical (unpaired) electrons. The Kier molecular flexibility index (Phi) is 10.2. The number of aliphatic hydroxyl groups is 2. The summed E-state index contributed by atoms with van der Waals surface area (Å²) >= 11 is 0. The Balaban J connectivity index is 0.000000213. The molecule has 204 valence electrons. The van der Waals surface area contributed by atoms with Gasteiger partial charge in [0, 0.05) is 31.1 Å². The van der Waals surface area contributed by atoms with Gasteiger partial charge in [0.05, 0.1) is 18.0 Å². The van der Waals surface area contributed by atoms with Crippen molar-refractivity contribution in [2.24, 2.45) is 11.8 Å². The van der Waals surface area contributed by atoms with Crippen LogP contribution in [0.25, 0.3) is 16.8 Å². The summed E-state index contributed by atoms with van der Waals surface area (Å²) in [5.41, 5.74) is 2.81. The van der Waals surface area contributed by atoms with Gasteiger partial charge in [-0.3, -0.25) is 4.79 Å². The van der Waals surface area contributed by atoms with Crippen LogP contribution in [-0.2, 0) is 16.0 Å². The number of ether oxygens (including phenoxy) is 1. The number of carboxylic acid groups (broad SMARTS) is 1. The number of benzene rings is 2. The second-order valence-corrected chi connectivity index (χ2v) is 10.8. The lowest BCUT2D eigenvalue weighted by atomic mass is 9.90. The largest absolute Gasteiger partial charge is 0.495 e. The van der Waals surface area contributed by atoms with Crippen LogP contribution in [0.2, 0.25) is 0 Å². The van der Waals surface area contributed by atoms with Crippen LogP contribution < -0.4 is 0 Å². The molecule has 0 bridgehead atoms.